The van der Waals surface area contributed by atoms with E-state index >= 15 is 0 Å². The largest absolute Gasteiger partial charge is 0.464 e. The molecular weight excluding hydrogens is 270 g/mol. The number of hydrogen-bond donors (Lipinski definition) is 0. The van der Waals surface area contributed by atoms with E-state index in [1.807, 2.05) is 12.1 Å². The zero-order valence-corrected chi connectivity index (χ0v) is 11.0. The molecule has 2 aromatic rings. The standard InChI is InChI=1S/C16H11NO4/c18-14-10-5-1-3-9-4-2-6-11(13(9)10)15(19)17(14)12-7-8-21-16(12)20/h1-6,12H,7-8H2. The Bertz CT molecular complexity index is 760. The number of carbonyl (C=O) groups is 3. The molecule has 0 spiro atoms. The SMILES string of the molecule is O=C1OCCC1N1C(=O)c2cccc3cccc(c23)C1=O. The van der Waals surface area contributed by atoms with Crippen LogP contribution in [0.2, 0.25) is 0 Å². The Labute approximate surface area is 120 Å². The topological polar surface area (TPSA) is 63.7 Å². The molecule has 1 atom stereocenters. The summed E-state index contributed by atoms with van der Waals surface area (Å²) in [5, 5.41) is 1.51. The van der Waals surface area contributed by atoms with Crippen LogP contribution < -0.4 is 0 Å². The third kappa shape index (κ3) is 1.54. The van der Waals surface area contributed by atoms with Gasteiger partial charge in [-0.05, 0) is 17.5 Å². The average molecular weight is 281 g/mol. The summed E-state index contributed by atoms with van der Waals surface area (Å²) >= 11 is 0. The lowest BCUT2D eigenvalue weighted by molar-refractivity contribution is -0.141. The number of rotatable bonds is 1. The summed E-state index contributed by atoms with van der Waals surface area (Å²) in [5.41, 5.74) is 0.921. The van der Waals surface area contributed by atoms with Gasteiger partial charge in [0.25, 0.3) is 11.8 Å². The Morgan fingerprint density at radius 2 is 1.57 bits per heavy atom. The summed E-state index contributed by atoms with van der Waals surface area (Å²) in [6.07, 6.45) is 0.356. The maximum atomic E-state index is 12.6. The van der Waals surface area contributed by atoms with E-state index in [0.717, 1.165) is 10.3 Å². The lowest BCUT2D eigenvalue weighted by Gasteiger charge is -2.29. The van der Waals surface area contributed by atoms with Crippen molar-refractivity contribution >= 4 is 28.6 Å². The van der Waals surface area contributed by atoms with E-state index < -0.39 is 23.8 Å². The molecule has 0 N–H and O–H groups in total. The van der Waals surface area contributed by atoms with Gasteiger partial charge in [0, 0.05) is 22.9 Å². The van der Waals surface area contributed by atoms with Gasteiger partial charge in [0.15, 0.2) is 0 Å². The minimum Gasteiger partial charge on any atom is -0.464 e. The van der Waals surface area contributed by atoms with Crippen LogP contribution in [0.25, 0.3) is 10.8 Å². The summed E-state index contributed by atoms with van der Waals surface area (Å²) in [6.45, 7) is 0.242. The molecule has 2 aliphatic rings. The first-order valence-corrected chi connectivity index (χ1v) is 6.75. The van der Waals surface area contributed by atoms with E-state index in [4.69, 9.17) is 4.74 Å². The summed E-state index contributed by atoms with van der Waals surface area (Å²) in [5.74, 6) is -1.36. The normalized spacial score (nSPS) is 21.0. The maximum Gasteiger partial charge on any atom is 0.329 e. The predicted molar refractivity (Wildman–Crippen MR) is 73.8 cm³/mol. The molecule has 4 rings (SSSR count). The van der Waals surface area contributed by atoms with Crippen LogP contribution in [0.1, 0.15) is 27.1 Å². The van der Waals surface area contributed by atoms with Crippen LogP contribution in [-0.2, 0) is 9.53 Å². The number of hydrogen-bond acceptors (Lipinski definition) is 4. The van der Waals surface area contributed by atoms with Crippen LogP contribution in [0, 0.1) is 0 Å². The highest BCUT2D eigenvalue weighted by Gasteiger charge is 2.43. The van der Waals surface area contributed by atoms with E-state index in [2.05, 4.69) is 0 Å². The molecule has 1 unspecified atom stereocenters. The van der Waals surface area contributed by atoms with Gasteiger partial charge >= 0.3 is 5.97 Å². The van der Waals surface area contributed by atoms with E-state index in [1.54, 1.807) is 24.3 Å². The molecule has 2 aliphatic heterocycles. The molecule has 0 bridgehead atoms. The first kappa shape index (κ1) is 12.1. The van der Waals surface area contributed by atoms with Crippen molar-refractivity contribution < 1.29 is 19.1 Å². The predicted octanol–water partition coefficient (Wildman–Crippen LogP) is 1.75. The average Bonchev–Trinajstić information content (AvgIpc) is 2.91. The number of benzene rings is 2. The minimum atomic E-state index is -0.811. The van der Waals surface area contributed by atoms with Gasteiger partial charge in [0.05, 0.1) is 6.61 Å². The van der Waals surface area contributed by atoms with Gasteiger partial charge in [0.2, 0.25) is 0 Å². The fraction of sp³-hybridized carbons (Fsp3) is 0.188. The van der Waals surface area contributed by atoms with Crippen molar-refractivity contribution in [3.8, 4) is 0 Å². The molecule has 5 nitrogen and oxygen atoms in total. The number of cyclic esters (lactones) is 1. The third-order valence-electron chi connectivity index (χ3n) is 4.02. The van der Waals surface area contributed by atoms with Crippen molar-refractivity contribution in [1.82, 2.24) is 4.90 Å². The molecule has 0 aromatic heterocycles. The molecule has 104 valence electrons. The third-order valence-corrected chi connectivity index (χ3v) is 4.02. The summed E-state index contributed by atoms with van der Waals surface area (Å²) in [6, 6.07) is 9.85. The summed E-state index contributed by atoms with van der Waals surface area (Å²) < 4.78 is 4.89. The Kier molecular flexibility index (Phi) is 2.39. The van der Waals surface area contributed by atoms with Crippen molar-refractivity contribution in [2.45, 2.75) is 12.5 Å². The molecule has 0 saturated carbocycles. The smallest absolute Gasteiger partial charge is 0.329 e. The highest BCUT2D eigenvalue weighted by atomic mass is 16.5. The van der Waals surface area contributed by atoms with Crippen molar-refractivity contribution in [3.05, 3.63) is 47.5 Å². The van der Waals surface area contributed by atoms with Crippen LogP contribution in [0.3, 0.4) is 0 Å². The molecule has 2 amide bonds. The first-order chi connectivity index (χ1) is 10.2. The number of ether oxygens (including phenoxy) is 1. The number of carbonyl (C=O) groups excluding carboxylic acids is 3. The molecule has 5 heteroatoms. The van der Waals surface area contributed by atoms with Gasteiger partial charge < -0.3 is 4.74 Å². The van der Waals surface area contributed by atoms with Crippen LogP contribution in [0.15, 0.2) is 36.4 Å². The Hall–Kier alpha value is -2.69. The monoisotopic (exact) mass is 281 g/mol. The second kappa shape index (κ2) is 4.15. The highest BCUT2D eigenvalue weighted by molar-refractivity contribution is 6.26. The van der Waals surface area contributed by atoms with Crippen LogP contribution >= 0.6 is 0 Å². The van der Waals surface area contributed by atoms with Crippen molar-refractivity contribution in [2.24, 2.45) is 0 Å². The number of esters is 1. The van der Waals surface area contributed by atoms with E-state index in [9.17, 15) is 14.4 Å². The molecule has 0 radical (unpaired) electrons. The molecule has 0 aliphatic carbocycles. The van der Waals surface area contributed by atoms with Crippen molar-refractivity contribution in [3.63, 3.8) is 0 Å². The second-order valence-corrected chi connectivity index (χ2v) is 5.16. The van der Waals surface area contributed by atoms with Gasteiger partial charge in [-0.15, -0.1) is 0 Å². The van der Waals surface area contributed by atoms with Crippen LogP contribution in [-0.4, -0.2) is 35.3 Å². The number of imide groups is 1. The molecule has 1 saturated heterocycles. The molecule has 21 heavy (non-hydrogen) atoms. The Morgan fingerprint density at radius 3 is 2.10 bits per heavy atom. The lowest BCUT2D eigenvalue weighted by atomic mass is 9.93. The van der Waals surface area contributed by atoms with Crippen molar-refractivity contribution in [1.29, 1.82) is 0 Å². The number of nitrogens with zero attached hydrogens (tertiary/aromatic N) is 1. The first-order valence-electron chi connectivity index (χ1n) is 6.75. The number of amides is 2. The fourth-order valence-electron chi connectivity index (χ4n) is 3.05. The molecule has 1 fully saturated rings. The van der Waals surface area contributed by atoms with Gasteiger partial charge in [-0.2, -0.15) is 0 Å². The zero-order chi connectivity index (χ0) is 14.6. The van der Waals surface area contributed by atoms with Gasteiger partial charge in [0.1, 0.15) is 6.04 Å². The van der Waals surface area contributed by atoms with Gasteiger partial charge in [-0.25, -0.2) is 4.79 Å². The molecule has 2 heterocycles. The van der Waals surface area contributed by atoms with Gasteiger partial charge in [-0.3, -0.25) is 14.5 Å². The van der Waals surface area contributed by atoms with Crippen LogP contribution in [0.4, 0.5) is 0 Å². The zero-order valence-electron chi connectivity index (χ0n) is 11.0. The molecular formula is C16H11NO4. The highest BCUT2D eigenvalue weighted by Crippen LogP contribution is 2.32. The summed E-state index contributed by atoms with van der Waals surface area (Å²) in [7, 11) is 0. The lowest BCUT2D eigenvalue weighted by Crippen LogP contribution is -2.49. The quantitative estimate of drug-likeness (QED) is 0.590. The van der Waals surface area contributed by atoms with E-state index in [0.29, 0.717) is 22.9 Å². The van der Waals surface area contributed by atoms with Gasteiger partial charge in [-0.1, -0.05) is 24.3 Å². The van der Waals surface area contributed by atoms with Crippen molar-refractivity contribution in [2.75, 3.05) is 6.61 Å². The minimum absolute atomic E-state index is 0.242. The molecule has 2 aromatic carbocycles. The Morgan fingerprint density at radius 1 is 0.952 bits per heavy atom. The van der Waals surface area contributed by atoms with E-state index in [1.165, 1.54) is 0 Å². The second-order valence-electron chi connectivity index (χ2n) is 5.16. The maximum absolute atomic E-state index is 12.6. The fourth-order valence-corrected chi connectivity index (χ4v) is 3.05. The van der Waals surface area contributed by atoms with Crippen LogP contribution in [0.5, 0.6) is 0 Å². The van der Waals surface area contributed by atoms with E-state index in [-0.39, 0.29) is 6.61 Å². The summed E-state index contributed by atoms with van der Waals surface area (Å²) in [4.78, 5) is 38.1. The Balaban J connectivity index is 1.95.